The van der Waals surface area contributed by atoms with Crippen molar-refractivity contribution in [1.82, 2.24) is 0 Å². The average molecular weight is 212 g/mol. The maximum Gasteiger partial charge on any atom is 0.683 e. The first-order valence-corrected chi connectivity index (χ1v) is 5.24. The molecule has 0 aromatic heterocycles. The van der Waals surface area contributed by atoms with Gasteiger partial charge in [0.15, 0.2) is 0 Å². The molecule has 0 fully saturated rings. The molecule has 0 aliphatic carbocycles. The van der Waals surface area contributed by atoms with Crippen molar-refractivity contribution < 1.29 is 17.7 Å². The Balaban J connectivity index is 4.19. The van der Waals surface area contributed by atoms with Crippen LogP contribution in [-0.4, -0.2) is 36.0 Å². The summed E-state index contributed by atoms with van der Waals surface area (Å²) in [6, 6.07) is 0. The Labute approximate surface area is 77.5 Å². The van der Waals surface area contributed by atoms with E-state index in [0.29, 0.717) is 0 Å². The van der Waals surface area contributed by atoms with Crippen LogP contribution in [0.4, 0.5) is 0 Å². The Morgan fingerprint density at radius 2 is 0.846 bits per heavy atom. The third kappa shape index (κ3) is 4.61. The molecule has 0 bridgehead atoms. The van der Waals surface area contributed by atoms with Crippen LogP contribution in [0.2, 0.25) is 0 Å². The summed E-state index contributed by atoms with van der Waals surface area (Å²) in [5.74, 6) is 0. The number of rotatable bonds is 8. The van der Waals surface area contributed by atoms with E-state index in [1.165, 1.54) is 0 Å². The minimum atomic E-state index is -3.30. The molecule has 8 N–H and O–H groups in total. The average Bonchev–Trinajstić information content (AvgIpc) is 2.06. The Hall–Kier alpha value is -0.103. The minimum Gasteiger partial charge on any atom is -0.338 e. The van der Waals surface area contributed by atoms with Crippen molar-refractivity contribution in [3.63, 3.8) is 0 Å². The lowest BCUT2D eigenvalue weighted by Gasteiger charge is -2.25. The number of hydrogen-bond donors (Lipinski definition) is 4. The summed E-state index contributed by atoms with van der Waals surface area (Å²) in [5.41, 5.74) is 20.6. The molecular formula is C4H16N4O4Si. The second-order valence-corrected chi connectivity index (χ2v) is 3.90. The number of hydrogen-bond acceptors (Lipinski definition) is 8. The van der Waals surface area contributed by atoms with Gasteiger partial charge in [0.05, 0.1) is 26.9 Å². The summed E-state index contributed by atoms with van der Waals surface area (Å²) in [7, 11) is -3.30. The second kappa shape index (κ2) is 7.31. The molecule has 9 heteroatoms. The Morgan fingerprint density at radius 3 is 1.00 bits per heavy atom. The molecule has 0 amide bonds. The molecule has 13 heavy (non-hydrogen) atoms. The van der Waals surface area contributed by atoms with Gasteiger partial charge in [-0.3, -0.25) is 0 Å². The molecule has 0 aromatic carbocycles. The van der Waals surface area contributed by atoms with Crippen molar-refractivity contribution in [2.75, 3.05) is 26.9 Å². The van der Waals surface area contributed by atoms with Gasteiger partial charge in [-0.25, -0.2) is 0 Å². The summed E-state index contributed by atoms with van der Waals surface area (Å²) in [4.78, 5) is 0. The fraction of sp³-hybridized carbons (Fsp3) is 1.00. The molecular weight excluding hydrogens is 196 g/mol. The van der Waals surface area contributed by atoms with Gasteiger partial charge in [-0.1, -0.05) is 0 Å². The van der Waals surface area contributed by atoms with E-state index < -0.39 is 9.05 Å². The van der Waals surface area contributed by atoms with Gasteiger partial charge in [-0.05, 0) is 0 Å². The van der Waals surface area contributed by atoms with E-state index in [-0.39, 0.29) is 26.9 Å². The van der Waals surface area contributed by atoms with Crippen molar-refractivity contribution in [2.45, 2.75) is 0 Å². The monoisotopic (exact) mass is 212 g/mol. The van der Waals surface area contributed by atoms with Crippen LogP contribution < -0.4 is 22.9 Å². The maximum absolute atomic E-state index is 5.16. The van der Waals surface area contributed by atoms with Crippen LogP contribution in [0.3, 0.4) is 0 Å². The Kier molecular flexibility index (Phi) is 7.26. The molecule has 8 nitrogen and oxygen atoms in total. The lowest BCUT2D eigenvalue weighted by atomic mass is 11.4. The van der Waals surface area contributed by atoms with E-state index in [2.05, 4.69) is 0 Å². The van der Waals surface area contributed by atoms with Crippen molar-refractivity contribution in [1.29, 1.82) is 0 Å². The van der Waals surface area contributed by atoms with Gasteiger partial charge in [0.2, 0.25) is 0 Å². The molecule has 0 saturated carbocycles. The highest BCUT2D eigenvalue weighted by molar-refractivity contribution is 6.53. The van der Waals surface area contributed by atoms with Gasteiger partial charge in [-0.2, -0.15) is 0 Å². The molecule has 0 aliphatic heterocycles. The van der Waals surface area contributed by atoms with Crippen LogP contribution in [0.5, 0.6) is 0 Å². The molecule has 0 aliphatic rings. The van der Waals surface area contributed by atoms with E-state index >= 15 is 0 Å². The van der Waals surface area contributed by atoms with E-state index in [0.717, 1.165) is 0 Å². The lowest BCUT2D eigenvalue weighted by molar-refractivity contribution is -0.0302. The standard InChI is InChI=1S/C4H16N4O4Si/c5-1-9-13(10-2-6,11-3-7)12-4-8/h1-8H2. The van der Waals surface area contributed by atoms with Gasteiger partial charge in [0.25, 0.3) is 0 Å². The summed E-state index contributed by atoms with van der Waals surface area (Å²) in [6.07, 6.45) is 0. The highest BCUT2D eigenvalue weighted by Crippen LogP contribution is 2.08. The van der Waals surface area contributed by atoms with Crippen LogP contribution in [0.1, 0.15) is 0 Å². The maximum atomic E-state index is 5.16. The minimum absolute atomic E-state index is 0.119. The van der Waals surface area contributed by atoms with Crippen molar-refractivity contribution in [3.8, 4) is 0 Å². The molecule has 0 spiro atoms. The molecule has 0 rings (SSSR count). The first kappa shape index (κ1) is 12.9. The fourth-order valence-corrected chi connectivity index (χ4v) is 1.97. The predicted octanol–water partition coefficient (Wildman–Crippen LogP) is -2.85. The third-order valence-corrected chi connectivity index (χ3v) is 3.12. The molecule has 0 radical (unpaired) electrons. The van der Waals surface area contributed by atoms with Crippen molar-refractivity contribution in [3.05, 3.63) is 0 Å². The van der Waals surface area contributed by atoms with Crippen molar-refractivity contribution in [2.24, 2.45) is 22.9 Å². The Morgan fingerprint density at radius 1 is 0.615 bits per heavy atom. The fourth-order valence-electron chi connectivity index (χ4n) is 0.658. The summed E-state index contributed by atoms with van der Waals surface area (Å²) in [5, 5.41) is 0. The largest absolute Gasteiger partial charge is 0.683 e. The zero-order chi connectivity index (χ0) is 10.2. The second-order valence-electron chi connectivity index (χ2n) is 1.74. The normalized spacial score (nSPS) is 12.0. The SMILES string of the molecule is NCO[Si](OCN)(OCN)OCN. The Bertz CT molecular complexity index is 99.2. The molecule has 0 saturated heterocycles. The number of nitrogens with two attached hydrogens (primary N) is 4. The first-order valence-electron chi connectivity index (χ1n) is 3.60. The highest BCUT2D eigenvalue weighted by Gasteiger charge is 2.45. The van der Waals surface area contributed by atoms with E-state index in [4.69, 9.17) is 40.6 Å². The highest BCUT2D eigenvalue weighted by atomic mass is 28.4. The molecule has 0 unspecified atom stereocenters. The van der Waals surface area contributed by atoms with E-state index in [9.17, 15) is 0 Å². The summed E-state index contributed by atoms with van der Waals surface area (Å²) >= 11 is 0. The van der Waals surface area contributed by atoms with Crippen LogP contribution in [-0.2, 0) is 17.7 Å². The van der Waals surface area contributed by atoms with Crippen LogP contribution in [0.15, 0.2) is 0 Å². The first-order chi connectivity index (χ1) is 6.24. The zero-order valence-electron chi connectivity index (χ0n) is 7.27. The molecule has 0 heterocycles. The summed E-state index contributed by atoms with van der Waals surface area (Å²) in [6.45, 7) is -0.475. The van der Waals surface area contributed by atoms with Gasteiger partial charge in [-0.15, -0.1) is 0 Å². The summed E-state index contributed by atoms with van der Waals surface area (Å²) < 4.78 is 19.8. The van der Waals surface area contributed by atoms with Crippen LogP contribution >= 0.6 is 0 Å². The molecule has 0 atom stereocenters. The topological polar surface area (TPSA) is 141 Å². The molecule has 80 valence electrons. The zero-order valence-corrected chi connectivity index (χ0v) is 8.27. The van der Waals surface area contributed by atoms with Crippen molar-refractivity contribution >= 4 is 9.05 Å². The van der Waals surface area contributed by atoms with E-state index in [1.807, 2.05) is 0 Å². The third-order valence-electron chi connectivity index (χ3n) is 1.04. The van der Waals surface area contributed by atoms with Crippen LogP contribution in [0.25, 0.3) is 0 Å². The smallest absolute Gasteiger partial charge is 0.338 e. The van der Waals surface area contributed by atoms with Crippen LogP contribution in [0, 0.1) is 0 Å². The van der Waals surface area contributed by atoms with Gasteiger partial charge >= 0.3 is 9.05 Å². The van der Waals surface area contributed by atoms with E-state index in [1.54, 1.807) is 0 Å². The predicted molar refractivity (Wildman–Crippen MR) is 46.3 cm³/mol. The lowest BCUT2D eigenvalue weighted by Crippen LogP contribution is -2.53. The van der Waals surface area contributed by atoms with Gasteiger partial charge in [0.1, 0.15) is 0 Å². The van der Waals surface area contributed by atoms with Gasteiger partial charge < -0.3 is 40.6 Å². The van der Waals surface area contributed by atoms with Gasteiger partial charge in [0, 0.05) is 0 Å². The quantitative estimate of drug-likeness (QED) is 0.249. The molecule has 0 aromatic rings.